The van der Waals surface area contributed by atoms with Crippen LogP contribution in [0.1, 0.15) is 16.2 Å². The van der Waals surface area contributed by atoms with Gasteiger partial charge in [0, 0.05) is 11.9 Å². The summed E-state index contributed by atoms with van der Waals surface area (Å²) in [4.78, 5) is 11.9. The van der Waals surface area contributed by atoms with E-state index in [9.17, 15) is 4.79 Å². The number of hydrogen-bond donors (Lipinski definition) is 3. The molecule has 0 bridgehead atoms. The molecule has 6 nitrogen and oxygen atoms in total. The molecule has 1 amide bonds. The third kappa shape index (κ3) is 3.29. The van der Waals surface area contributed by atoms with E-state index < -0.39 is 0 Å². The van der Waals surface area contributed by atoms with Gasteiger partial charge in [0.05, 0.1) is 29.2 Å². The van der Waals surface area contributed by atoms with Crippen molar-refractivity contribution in [2.24, 2.45) is 0 Å². The van der Waals surface area contributed by atoms with Gasteiger partial charge in [-0.05, 0) is 36.4 Å². The molecule has 3 rings (SSSR count). The van der Waals surface area contributed by atoms with Gasteiger partial charge in [-0.1, -0.05) is 11.6 Å². The third-order valence-electron chi connectivity index (χ3n) is 3.00. The topological polar surface area (TPSA) is 83.0 Å². The predicted molar refractivity (Wildman–Crippen MR) is 84.0 cm³/mol. The minimum absolute atomic E-state index is 0.234. The Morgan fingerprint density at radius 1 is 1.32 bits per heavy atom. The Hall–Kier alpha value is -2.73. The third-order valence-corrected chi connectivity index (χ3v) is 3.32. The highest BCUT2D eigenvalue weighted by Gasteiger charge is 2.11. The van der Waals surface area contributed by atoms with Crippen molar-refractivity contribution < 1.29 is 9.21 Å². The standard InChI is InChI=1S/C15H13ClN4O2/c16-12-8-10(17-9-11-5-6-18-20-11)3-4-13(12)19-15(21)14-2-1-7-22-14/h1-8,17H,9H2,(H,18,20)(H,19,21). The van der Waals surface area contributed by atoms with E-state index >= 15 is 0 Å². The van der Waals surface area contributed by atoms with E-state index in [1.54, 1.807) is 30.5 Å². The molecule has 112 valence electrons. The lowest BCUT2D eigenvalue weighted by Gasteiger charge is -2.09. The van der Waals surface area contributed by atoms with Crippen LogP contribution in [0.2, 0.25) is 5.02 Å². The van der Waals surface area contributed by atoms with Crippen LogP contribution in [-0.4, -0.2) is 16.1 Å². The van der Waals surface area contributed by atoms with E-state index in [4.69, 9.17) is 16.0 Å². The summed E-state index contributed by atoms with van der Waals surface area (Å²) in [5.74, 6) is -0.109. The monoisotopic (exact) mass is 316 g/mol. The summed E-state index contributed by atoms with van der Waals surface area (Å²) in [6.45, 7) is 0.606. The lowest BCUT2D eigenvalue weighted by molar-refractivity contribution is 0.0996. The molecule has 0 unspecified atom stereocenters. The van der Waals surface area contributed by atoms with E-state index in [2.05, 4.69) is 20.8 Å². The first-order chi connectivity index (χ1) is 10.7. The Kier molecular flexibility index (Phi) is 4.11. The molecule has 0 aliphatic rings. The maximum Gasteiger partial charge on any atom is 0.291 e. The van der Waals surface area contributed by atoms with Crippen molar-refractivity contribution in [1.29, 1.82) is 0 Å². The number of aromatic amines is 1. The molecule has 7 heteroatoms. The van der Waals surface area contributed by atoms with Gasteiger partial charge in [-0.15, -0.1) is 0 Å². The van der Waals surface area contributed by atoms with Gasteiger partial charge in [0.1, 0.15) is 0 Å². The van der Waals surface area contributed by atoms with Crippen LogP contribution in [0.3, 0.4) is 0 Å². The molecule has 22 heavy (non-hydrogen) atoms. The van der Waals surface area contributed by atoms with Crippen molar-refractivity contribution in [3.63, 3.8) is 0 Å². The molecule has 2 aromatic heterocycles. The Labute approximate surface area is 131 Å². The molecule has 1 aromatic carbocycles. The zero-order valence-electron chi connectivity index (χ0n) is 11.5. The molecule has 0 atom stereocenters. The first-order valence-corrected chi connectivity index (χ1v) is 6.97. The quantitative estimate of drug-likeness (QED) is 0.672. The number of nitrogens with one attached hydrogen (secondary N) is 3. The second kappa shape index (κ2) is 6.36. The molecular formula is C15H13ClN4O2. The van der Waals surface area contributed by atoms with Gasteiger partial charge in [0.25, 0.3) is 5.91 Å². The average Bonchev–Trinajstić information content (AvgIpc) is 3.21. The Morgan fingerprint density at radius 3 is 2.91 bits per heavy atom. The number of aromatic nitrogens is 2. The second-order valence-corrected chi connectivity index (χ2v) is 4.97. The Morgan fingerprint density at radius 2 is 2.23 bits per heavy atom. The van der Waals surface area contributed by atoms with Crippen LogP contribution in [0.4, 0.5) is 11.4 Å². The van der Waals surface area contributed by atoms with Crippen molar-refractivity contribution in [3.05, 3.63) is 65.3 Å². The first kappa shape index (κ1) is 14.2. The zero-order valence-corrected chi connectivity index (χ0v) is 12.2. The van der Waals surface area contributed by atoms with Crippen molar-refractivity contribution in [1.82, 2.24) is 10.2 Å². The van der Waals surface area contributed by atoms with E-state index in [1.165, 1.54) is 6.26 Å². The molecule has 0 radical (unpaired) electrons. The number of H-pyrrole nitrogens is 1. The summed E-state index contributed by atoms with van der Waals surface area (Å²) >= 11 is 6.19. The van der Waals surface area contributed by atoms with Gasteiger partial charge in [0.2, 0.25) is 0 Å². The zero-order chi connectivity index (χ0) is 15.4. The number of nitrogens with zero attached hydrogens (tertiary/aromatic N) is 1. The van der Waals surface area contributed by atoms with Crippen molar-refractivity contribution in [2.45, 2.75) is 6.54 Å². The number of furan rings is 1. The molecule has 0 aliphatic carbocycles. The number of halogens is 1. The van der Waals surface area contributed by atoms with Gasteiger partial charge in [-0.2, -0.15) is 5.10 Å². The predicted octanol–water partition coefficient (Wildman–Crippen LogP) is 3.52. The molecule has 2 heterocycles. The molecule has 0 saturated carbocycles. The number of hydrogen-bond acceptors (Lipinski definition) is 4. The van der Waals surface area contributed by atoms with Gasteiger partial charge in [0.15, 0.2) is 5.76 Å². The summed E-state index contributed by atoms with van der Waals surface area (Å²) in [5, 5.41) is 13.1. The summed E-state index contributed by atoms with van der Waals surface area (Å²) in [5.41, 5.74) is 2.33. The minimum atomic E-state index is -0.343. The Bertz CT molecular complexity index is 754. The molecule has 0 aliphatic heterocycles. The lowest BCUT2D eigenvalue weighted by Crippen LogP contribution is -2.11. The molecule has 0 spiro atoms. The molecular weight excluding hydrogens is 304 g/mol. The molecule has 0 fully saturated rings. The lowest BCUT2D eigenvalue weighted by atomic mass is 10.2. The van der Waals surface area contributed by atoms with E-state index in [0.717, 1.165) is 11.4 Å². The summed E-state index contributed by atoms with van der Waals surface area (Å²) in [6.07, 6.45) is 3.14. The largest absolute Gasteiger partial charge is 0.459 e. The summed E-state index contributed by atoms with van der Waals surface area (Å²) in [7, 11) is 0. The van der Waals surface area contributed by atoms with Gasteiger partial charge in [-0.25, -0.2) is 0 Å². The van der Waals surface area contributed by atoms with Crippen LogP contribution in [-0.2, 0) is 6.54 Å². The summed E-state index contributed by atoms with van der Waals surface area (Å²) in [6, 6.07) is 10.4. The van der Waals surface area contributed by atoms with Crippen LogP contribution < -0.4 is 10.6 Å². The maximum absolute atomic E-state index is 11.9. The normalized spacial score (nSPS) is 10.4. The fraction of sp³-hybridized carbons (Fsp3) is 0.0667. The van der Waals surface area contributed by atoms with Gasteiger partial charge in [-0.3, -0.25) is 9.89 Å². The fourth-order valence-electron chi connectivity index (χ4n) is 1.90. The van der Waals surface area contributed by atoms with E-state index in [0.29, 0.717) is 17.3 Å². The Balaban J connectivity index is 1.65. The maximum atomic E-state index is 11.9. The van der Waals surface area contributed by atoms with Crippen molar-refractivity contribution in [2.75, 3.05) is 10.6 Å². The minimum Gasteiger partial charge on any atom is -0.459 e. The highest BCUT2D eigenvalue weighted by atomic mass is 35.5. The molecule has 0 saturated heterocycles. The average molecular weight is 317 g/mol. The SMILES string of the molecule is O=C(Nc1ccc(NCc2ccn[nH]2)cc1Cl)c1ccco1. The van der Waals surface area contributed by atoms with Crippen LogP contribution in [0.15, 0.2) is 53.3 Å². The highest BCUT2D eigenvalue weighted by molar-refractivity contribution is 6.34. The number of carbonyl (C=O) groups is 1. The smallest absolute Gasteiger partial charge is 0.291 e. The number of rotatable bonds is 5. The number of benzene rings is 1. The molecule has 3 N–H and O–H groups in total. The molecule has 3 aromatic rings. The van der Waals surface area contributed by atoms with Crippen molar-refractivity contribution >= 4 is 28.9 Å². The van der Waals surface area contributed by atoms with Crippen LogP contribution in [0.25, 0.3) is 0 Å². The van der Waals surface area contributed by atoms with Crippen LogP contribution in [0, 0.1) is 0 Å². The number of carbonyl (C=O) groups excluding carboxylic acids is 1. The second-order valence-electron chi connectivity index (χ2n) is 4.56. The number of anilines is 2. The van der Waals surface area contributed by atoms with Crippen LogP contribution >= 0.6 is 11.6 Å². The first-order valence-electron chi connectivity index (χ1n) is 6.59. The summed E-state index contributed by atoms with van der Waals surface area (Å²) < 4.78 is 5.03. The van der Waals surface area contributed by atoms with Crippen LogP contribution in [0.5, 0.6) is 0 Å². The van der Waals surface area contributed by atoms with E-state index in [1.807, 2.05) is 12.1 Å². The van der Waals surface area contributed by atoms with Crippen molar-refractivity contribution in [3.8, 4) is 0 Å². The van der Waals surface area contributed by atoms with Gasteiger partial charge >= 0.3 is 0 Å². The van der Waals surface area contributed by atoms with E-state index in [-0.39, 0.29) is 11.7 Å². The number of amides is 1. The fourth-order valence-corrected chi connectivity index (χ4v) is 2.13. The highest BCUT2D eigenvalue weighted by Crippen LogP contribution is 2.26. The van der Waals surface area contributed by atoms with Gasteiger partial charge < -0.3 is 15.1 Å².